The van der Waals surface area contributed by atoms with E-state index >= 15 is 0 Å². The van der Waals surface area contributed by atoms with Gasteiger partial charge in [0.15, 0.2) is 0 Å². The maximum atomic E-state index is 13.1. The molecule has 5 heteroatoms. The highest BCUT2D eigenvalue weighted by Gasteiger charge is 2.52. The van der Waals surface area contributed by atoms with Gasteiger partial charge in [-0.25, -0.2) is 0 Å². The van der Waals surface area contributed by atoms with Gasteiger partial charge in [-0.2, -0.15) is 8.42 Å². The van der Waals surface area contributed by atoms with Crippen LogP contribution in [0.4, 0.5) is 0 Å². The van der Waals surface area contributed by atoms with Crippen molar-refractivity contribution >= 4 is 10.1 Å². The number of ether oxygens (including phenoxy) is 1. The average molecular weight is 547 g/mol. The van der Waals surface area contributed by atoms with Gasteiger partial charge in [0.25, 0.3) is 10.1 Å². The molecular formula is C34H42O4S. The standard InChI is InChI=1S/C34H42O4S/c1-24(2)29-20-27-14-17-32-33(4,23-38-39(35,36)28-15-12-25(3)13-16-28)18-9-19-34(32,5)30(27)21-31(29)37-22-26-10-7-6-8-11-26/h6-8,10-13,15-16,20-21,24,32H,9,14,17-19,22-23H2,1-5H3/t32?,33-,34+/m0/s1. The van der Waals surface area contributed by atoms with Crippen LogP contribution in [-0.2, 0) is 32.7 Å². The highest BCUT2D eigenvalue weighted by molar-refractivity contribution is 7.86. The van der Waals surface area contributed by atoms with Crippen molar-refractivity contribution in [3.8, 4) is 5.75 Å². The van der Waals surface area contributed by atoms with Crippen LogP contribution in [0.1, 0.15) is 87.1 Å². The Labute approximate surface area is 234 Å². The molecule has 0 heterocycles. The minimum atomic E-state index is -3.81. The third kappa shape index (κ3) is 5.53. The van der Waals surface area contributed by atoms with E-state index in [0.717, 1.165) is 49.0 Å². The van der Waals surface area contributed by atoms with E-state index in [0.29, 0.717) is 18.4 Å². The van der Waals surface area contributed by atoms with Crippen LogP contribution in [0.5, 0.6) is 5.75 Å². The Kier molecular flexibility index (Phi) is 7.69. The van der Waals surface area contributed by atoms with Gasteiger partial charge in [-0.1, -0.05) is 88.2 Å². The fourth-order valence-electron chi connectivity index (χ4n) is 7.12. The minimum Gasteiger partial charge on any atom is -0.489 e. The second-order valence-corrected chi connectivity index (χ2v) is 14.1. The molecule has 0 spiro atoms. The summed E-state index contributed by atoms with van der Waals surface area (Å²) in [5, 5.41) is 0. The van der Waals surface area contributed by atoms with Crippen molar-refractivity contribution in [3.63, 3.8) is 0 Å². The number of rotatable bonds is 8. The molecule has 1 fully saturated rings. The van der Waals surface area contributed by atoms with E-state index in [1.807, 2.05) is 37.3 Å². The summed E-state index contributed by atoms with van der Waals surface area (Å²) in [6.07, 6.45) is 5.13. The summed E-state index contributed by atoms with van der Waals surface area (Å²) >= 11 is 0. The molecule has 3 aromatic rings. The second kappa shape index (κ2) is 10.7. The molecule has 0 saturated heterocycles. The molecule has 39 heavy (non-hydrogen) atoms. The first-order valence-electron chi connectivity index (χ1n) is 14.3. The largest absolute Gasteiger partial charge is 0.489 e. The van der Waals surface area contributed by atoms with Crippen molar-refractivity contribution in [1.82, 2.24) is 0 Å². The van der Waals surface area contributed by atoms with Crippen LogP contribution in [0.2, 0.25) is 0 Å². The zero-order valence-electron chi connectivity index (χ0n) is 24.0. The lowest BCUT2D eigenvalue weighted by Gasteiger charge is -2.55. The summed E-state index contributed by atoms with van der Waals surface area (Å²) in [6.45, 7) is 11.8. The highest BCUT2D eigenvalue weighted by atomic mass is 32.2. The molecule has 5 rings (SSSR count). The minimum absolute atomic E-state index is 0.0576. The third-order valence-corrected chi connectivity index (χ3v) is 10.6. The lowest BCUT2D eigenvalue weighted by Crippen LogP contribution is -2.51. The fraction of sp³-hybridized carbons (Fsp3) is 0.471. The predicted octanol–water partition coefficient (Wildman–Crippen LogP) is 8.11. The van der Waals surface area contributed by atoms with Crippen LogP contribution < -0.4 is 4.74 Å². The van der Waals surface area contributed by atoms with Crippen molar-refractivity contribution in [2.45, 2.75) is 89.6 Å². The van der Waals surface area contributed by atoms with Crippen molar-refractivity contribution in [2.24, 2.45) is 11.3 Å². The van der Waals surface area contributed by atoms with Crippen molar-refractivity contribution < 1.29 is 17.3 Å². The van der Waals surface area contributed by atoms with Crippen molar-refractivity contribution in [1.29, 1.82) is 0 Å². The van der Waals surface area contributed by atoms with Gasteiger partial charge in [-0.3, -0.25) is 4.18 Å². The molecule has 208 valence electrons. The quantitative estimate of drug-likeness (QED) is 0.268. The van der Waals surface area contributed by atoms with E-state index < -0.39 is 10.1 Å². The van der Waals surface area contributed by atoms with Gasteiger partial charge in [0, 0.05) is 0 Å². The Balaban J connectivity index is 1.43. The number of aryl methyl sites for hydroxylation is 2. The third-order valence-electron chi connectivity index (χ3n) is 9.32. The predicted molar refractivity (Wildman–Crippen MR) is 157 cm³/mol. The van der Waals surface area contributed by atoms with Gasteiger partial charge in [0.1, 0.15) is 12.4 Å². The van der Waals surface area contributed by atoms with Gasteiger partial charge in [0.05, 0.1) is 11.5 Å². The van der Waals surface area contributed by atoms with E-state index in [1.165, 1.54) is 16.7 Å². The molecule has 1 saturated carbocycles. The molecule has 0 aromatic heterocycles. The molecule has 0 N–H and O–H groups in total. The van der Waals surface area contributed by atoms with Crippen LogP contribution in [0, 0.1) is 18.3 Å². The van der Waals surface area contributed by atoms with Gasteiger partial charge >= 0.3 is 0 Å². The highest BCUT2D eigenvalue weighted by Crippen LogP contribution is 2.58. The zero-order chi connectivity index (χ0) is 27.8. The lowest BCUT2D eigenvalue weighted by atomic mass is 9.50. The summed E-state index contributed by atoms with van der Waals surface area (Å²) in [5.41, 5.74) is 5.95. The van der Waals surface area contributed by atoms with Crippen LogP contribution in [0.15, 0.2) is 71.6 Å². The molecule has 3 atom stereocenters. The van der Waals surface area contributed by atoms with Crippen LogP contribution >= 0.6 is 0 Å². The summed E-state index contributed by atoms with van der Waals surface area (Å²) in [5.74, 6) is 1.66. The first-order valence-corrected chi connectivity index (χ1v) is 15.7. The summed E-state index contributed by atoms with van der Waals surface area (Å²) in [6, 6.07) is 21.9. The Morgan fingerprint density at radius 2 is 1.69 bits per heavy atom. The van der Waals surface area contributed by atoms with Gasteiger partial charge < -0.3 is 4.74 Å². The summed E-state index contributed by atoms with van der Waals surface area (Å²) < 4.78 is 38.4. The van der Waals surface area contributed by atoms with Crippen LogP contribution in [0.25, 0.3) is 0 Å². The molecule has 0 amide bonds. The average Bonchev–Trinajstić information content (AvgIpc) is 2.91. The number of fused-ring (bicyclic) bond motifs is 3. The van der Waals surface area contributed by atoms with Crippen LogP contribution in [-0.4, -0.2) is 15.0 Å². The molecule has 1 unspecified atom stereocenters. The molecule has 4 nitrogen and oxygen atoms in total. The Hall–Kier alpha value is -2.63. The normalized spacial score (nSPS) is 24.7. The molecule has 0 radical (unpaired) electrons. The smallest absolute Gasteiger partial charge is 0.296 e. The Morgan fingerprint density at radius 1 is 0.974 bits per heavy atom. The van der Waals surface area contributed by atoms with Crippen molar-refractivity contribution in [2.75, 3.05) is 6.61 Å². The fourth-order valence-corrected chi connectivity index (χ4v) is 8.15. The lowest BCUT2D eigenvalue weighted by molar-refractivity contribution is -0.00851. The van der Waals surface area contributed by atoms with Gasteiger partial charge in [-0.15, -0.1) is 0 Å². The monoisotopic (exact) mass is 546 g/mol. The maximum absolute atomic E-state index is 13.1. The van der Waals surface area contributed by atoms with Crippen LogP contribution in [0.3, 0.4) is 0 Å². The summed E-state index contributed by atoms with van der Waals surface area (Å²) in [7, 11) is -3.81. The van der Waals surface area contributed by atoms with E-state index in [4.69, 9.17) is 8.92 Å². The molecule has 2 aliphatic carbocycles. The Bertz CT molecular complexity index is 1410. The molecular weight excluding hydrogens is 504 g/mol. The second-order valence-electron chi connectivity index (χ2n) is 12.5. The first kappa shape index (κ1) is 27.9. The van der Waals surface area contributed by atoms with Gasteiger partial charge in [0.2, 0.25) is 0 Å². The number of benzene rings is 3. The first-order chi connectivity index (χ1) is 18.5. The number of hydrogen-bond donors (Lipinski definition) is 0. The van der Waals surface area contributed by atoms with E-state index in [-0.39, 0.29) is 22.3 Å². The summed E-state index contributed by atoms with van der Waals surface area (Å²) in [4.78, 5) is 0.227. The zero-order valence-corrected chi connectivity index (χ0v) is 24.8. The Morgan fingerprint density at radius 3 is 2.38 bits per heavy atom. The molecule has 0 aliphatic heterocycles. The molecule has 0 bridgehead atoms. The van der Waals surface area contributed by atoms with E-state index in [1.54, 1.807) is 12.1 Å². The van der Waals surface area contributed by atoms with Crippen molar-refractivity contribution in [3.05, 3.63) is 94.5 Å². The molecule has 2 aliphatic rings. The SMILES string of the molecule is Cc1ccc(S(=O)(=O)OC[C@]2(C)CCC[C@]3(C)c4cc(OCc5ccccc5)c(C(C)C)cc4CCC23)cc1. The maximum Gasteiger partial charge on any atom is 0.296 e. The molecule has 3 aromatic carbocycles. The number of hydrogen-bond acceptors (Lipinski definition) is 4. The topological polar surface area (TPSA) is 52.6 Å². The van der Waals surface area contributed by atoms with E-state index in [2.05, 4.69) is 52.0 Å². The van der Waals surface area contributed by atoms with Gasteiger partial charge in [-0.05, 0) is 95.7 Å². The van der Waals surface area contributed by atoms with E-state index in [9.17, 15) is 8.42 Å².